The number of fused-ring (bicyclic) bond motifs is 1. The van der Waals surface area contributed by atoms with Crippen molar-refractivity contribution >= 4 is 27.0 Å². The van der Waals surface area contributed by atoms with Crippen molar-refractivity contribution in [2.24, 2.45) is 10.9 Å². The molecule has 0 bridgehead atoms. The molecule has 1 heterocycles. The normalized spacial score (nSPS) is 11.8. The first kappa shape index (κ1) is 10.7. The minimum absolute atomic E-state index is 0.319. The van der Waals surface area contributed by atoms with Gasteiger partial charge in [-0.3, -0.25) is 4.79 Å². The third-order valence-corrected chi connectivity index (χ3v) is 3.08. The highest BCUT2D eigenvalue weighted by Gasteiger charge is 2.11. The molecule has 6 nitrogen and oxygen atoms in total. The smallest absolute Gasteiger partial charge is 0.302 e. The van der Waals surface area contributed by atoms with Crippen molar-refractivity contribution in [3.05, 3.63) is 36.0 Å². The van der Waals surface area contributed by atoms with Crippen LogP contribution in [-0.4, -0.2) is 18.3 Å². The third kappa shape index (κ3) is 1.66. The molecule has 0 fully saturated rings. The van der Waals surface area contributed by atoms with Crippen LogP contribution in [0.5, 0.6) is 0 Å². The summed E-state index contributed by atoms with van der Waals surface area (Å²) >= 11 is 0. The second-order valence-electron chi connectivity index (χ2n) is 3.29. The van der Waals surface area contributed by atoms with Gasteiger partial charge in [0.2, 0.25) is 5.91 Å². The Bertz CT molecular complexity index is 672. The lowest BCUT2D eigenvalue weighted by Gasteiger charge is -2.01. The van der Waals surface area contributed by atoms with Crippen molar-refractivity contribution in [2.75, 3.05) is 0 Å². The van der Waals surface area contributed by atoms with Gasteiger partial charge in [0.1, 0.15) is 0 Å². The second-order valence-corrected chi connectivity index (χ2v) is 4.72. The predicted octanol–water partition coefficient (Wildman–Crippen LogP) is -0.208. The molecule has 1 aromatic carbocycles. The number of benzene rings is 1. The van der Waals surface area contributed by atoms with E-state index in [1.165, 1.54) is 24.4 Å². The van der Waals surface area contributed by atoms with E-state index < -0.39 is 16.1 Å². The summed E-state index contributed by atoms with van der Waals surface area (Å²) in [6.07, 6.45) is 1.32. The number of aromatic nitrogens is 1. The zero-order valence-corrected chi connectivity index (χ0v) is 8.94. The summed E-state index contributed by atoms with van der Waals surface area (Å²) in [5.41, 5.74) is 5.84. The highest BCUT2D eigenvalue weighted by atomic mass is 32.2. The van der Waals surface area contributed by atoms with Crippen molar-refractivity contribution in [1.29, 1.82) is 0 Å². The summed E-state index contributed by atoms with van der Waals surface area (Å²) < 4.78 is 23.3. The van der Waals surface area contributed by atoms with Crippen LogP contribution in [0.2, 0.25) is 0 Å². The van der Waals surface area contributed by atoms with Gasteiger partial charge in [-0.25, -0.2) is 9.11 Å². The molecule has 0 aliphatic heterocycles. The van der Waals surface area contributed by atoms with Crippen molar-refractivity contribution in [1.82, 2.24) is 3.97 Å². The van der Waals surface area contributed by atoms with E-state index >= 15 is 0 Å². The van der Waals surface area contributed by atoms with Gasteiger partial charge in [-0.2, -0.15) is 8.42 Å². The molecule has 0 spiro atoms. The SMILES string of the molecule is NC(=O)c1ccc2c(ccn2S(N)(=O)=O)c1. The maximum atomic E-state index is 11.2. The van der Waals surface area contributed by atoms with Gasteiger partial charge in [0.05, 0.1) is 5.52 Å². The Morgan fingerprint density at radius 1 is 1.25 bits per heavy atom. The van der Waals surface area contributed by atoms with Crippen LogP contribution in [0, 0.1) is 0 Å². The third-order valence-electron chi connectivity index (χ3n) is 2.21. The van der Waals surface area contributed by atoms with Crippen LogP contribution in [-0.2, 0) is 10.2 Å². The lowest BCUT2D eigenvalue weighted by atomic mass is 10.1. The van der Waals surface area contributed by atoms with Gasteiger partial charge in [-0.15, -0.1) is 0 Å². The maximum Gasteiger partial charge on any atom is 0.302 e. The lowest BCUT2D eigenvalue weighted by Crippen LogP contribution is -2.20. The molecule has 84 valence electrons. The van der Waals surface area contributed by atoms with Crippen LogP contribution in [0.3, 0.4) is 0 Å². The van der Waals surface area contributed by atoms with E-state index in [1.54, 1.807) is 6.07 Å². The van der Waals surface area contributed by atoms with E-state index in [0.717, 1.165) is 3.97 Å². The summed E-state index contributed by atoms with van der Waals surface area (Å²) in [5.74, 6) is -0.565. The number of carbonyl (C=O) groups is 1. The first-order valence-electron chi connectivity index (χ1n) is 4.34. The van der Waals surface area contributed by atoms with E-state index in [-0.39, 0.29) is 0 Å². The van der Waals surface area contributed by atoms with E-state index in [4.69, 9.17) is 10.9 Å². The molecule has 0 unspecified atom stereocenters. The fourth-order valence-electron chi connectivity index (χ4n) is 1.49. The number of primary amides is 1. The van der Waals surface area contributed by atoms with Crippen molar-refractivity contribution < 1.29 is 13.2 Å². The van der Waals surface area contributed by atoms with Crippen molar-refractivity contribution in [3.63, 3.8) is 0 Å². The molecule has 1 amide bonds. The molecule has 2 aromatic rings. The van der Waals surface area contributed by atoms with E-state index in [9.17, 15) is 13.2 Å². The molecule has 0 saturated heterocycles. The molecule has 0 aliphatic carbocycles. The van der Waals surface area contributed by atoms with Gasteiger partial charge in [0, 0.05) is 17.1 Å². The fraction of sp³-hybridized carbons (Fsp3) is 0. The number of amides is 1. The Balaban J connectivity index is 2.73. The Morgan fingerprint density at radius 3 is 2.50 bits per heavy atom. The molecular formula is C9H9N3O3S. The molecule has 4 N–H and O–H groups in total. The molecule has 0 saturated carbocycles. The fourth-order valence-corrected chi connectivity index (χ4v) is 2.16. The molecular weight excluding hydrogens is 230 g/mol. The van der Waals surface area contributed by atoms with E-state index in [1.807, 2.05) is 0 Å². The van der Waals surface area contributed by atoms with E-state index in [0.29, 0.717) is 16.5 Å². The Morgan fingerprint density at radius 2 is 1.94 bits per heavy atom. The highest BCUT2D eigenvalue weighted by Crippen LogP contribution is 2.18. The zero-order chi connectivity index (χ0) is 11.9. The Kier molecular flexibility index (Phi) is 2.21. The van der Waals surface area contributed by atoms with Crippen LogP contribution in [0.1, 0.15) is 10.4 Å². The predicted molar refractivity (Wildman–Crippen MR) is 59.0 cm³/mol. The van der Waals surface area contributed by atoms with Crippen molar-refractivity contribution in [3.8, 4) is 0 Å². The number of hydrogen-bond donors (Lipinski definition) is 2. The molecule has 0 aliphatic rings. The number of nitrogens with zero attached hydrogens (tertiary/aromatic N) is 1. The summed E-state index contributed by atoms with van der Waals surface area (Å²) in [6, 6.07) is 6.00. The number of hydrogen-bond acceptors (Lipinski definition) is 3. The number of carbonyl (C=O) groups excluding carboxylic acids is 1. The summed E-state index contributed by atoms with van der Waals surface area (Å²) in [7, 11) is -3.82. The highest BCUT2D eigenvalue weighted by molar-refractivity contribution is 7.87. The molecule has 0 radical (unpaired) electrons. The van der Waals surface area contributed by atoms with Crippen LogP contribution >= 0.6 is 0 Å². The largest absolute Gasteiger partial charge is 0.366 e. The average Bonchev–Trinajstić information content (AvgIpc) is 2.58. The summed E-state index contributed by atoms with van der Waals surface area (Å²) in [5, 5.41) is 5.60. The molecule has 0 atom stereocenters. The maximum absolute atomic E-state index is 11.2. The molecule has 1 aromatic heterocycles. The van der Waals surface area contributed by atoms with Crippen LogP contribution < -0.4 is 10.9 Å². The average molecular weight is 239 g/mol. The Labute approximate surface area is 91.6 Å². The van der Waals surface area contributed by atoms with Gasteiger partial charge < -0.3 is 5.73 Å². The minimum atomic E-state index is -3.82. The summed E-state index contributed by atoms with van der Waals surface area (Å²) in [4.78, 5) is 10.9. The second kappa shape index (κ2) is 3.32. The molecule has 16 heavy (non-hydrogen) atoms. The van der Waals surface area contributed by atoms with Gasteiger partial charge in [-0.1, -0.05) is 0 Å². The zero-order valence-electron chi connectivity index (χ0n) is 8.12. The first-order chi connectivity index (χ1) is 7.39. The Hall–Kier alpha value is -1.86. The standard InChI is InChI=1S/C9H9N3O3S/c10-9(13)7-1-2-8-6(5-7)3-4-12(8)16(11,14)15/h1-5H,(H2,10,13)(H2,11,14,15). The topological polar surface area (TPSA) is 108 Å². The first-order valence-corrected chi connectivity index (χ1v) is 5.84. The summed E-state index contributed by atoms with van der Waals surface area (Å²) in [6.45, 7) is 0. The molecule has 7 heteroatoms. The monoisotopic (exact) mass is 239 g/mol. The van der Waals surface area contributed by atoms with Gasteiger partial charge in [0.25, 0.3) is 0 Å². The van der Waals surface area contributed by atoms with Crippen LogP contribution in [0.25, 0.3) is 10.9 Å². The van der Waals surface area contributed by atoms with Gasteiger partial charge in [-0.05, 0) is 24.3 Å². The van der Waals surface area contributed by atoms with Crippen LogP contribution in [0.4, 0.5) is 0 Å². The van der Waals surface area contributed by atoms with Gasteiger partial charge in [0.15, 0.2) is 0 Å². The van der Waals surface area contributed by atoms with E-state index in [2.05, 4.69) is 0 Å². The van der Waals surface area contributed by atoms with Crippen LogP contribution in [0.15, 0.2) is 30.5 Å². The van der Waals surface area contributed by atoms with Gasteiger partial charge >= 0.3 is 10.2 Å². The number of rotatable bonds is 2. The number of nitrogens with two attached hydrogens (primary N) is 2. The quantitative estimate of drug-likeness (QED) is 0.756. The molecule has 2 rings (SSSR count). The van der Waals surface area contributed by atoms with Crippen molar-refractivity contribution in [2.45, 2.75) is 0 Å². The lowest BCUT2D eigenvalue weighted by molar-refractivity contribution is 0.100. The minimum Gasteiger partial charge on any atom is -0.366 e.